The van der Waals surface area contributed by atoms with Crippen molar-refractivity contribution < 1.29 is 19.1 Å². The minimum atomic E-state index is -0.168. The number of nitrogens with zero attached hydrogens (tertiary/aromatic N) is 2. The van der Waals surface area contributed by atoms with E-state index >= 15 is 0 Å². The third-order valence-electron chi connectivity index (χ3n) is 6.83. The molecule has 0 N–H and O–H groups in total. The van der Waals surface area contributed by atoms with E-state index in [4.69, 9.17) is 9.47 Å². The van der Waals surface area contributed by atoms with Gasteiger partial charge >= 0.3 is 0 Å². The Labute approximate surface area is 210 Å². The Bertz CT molecular complexity index is 1210. The van der Waals surface area contributed by atoms with Crippen LogP contribution in [0, 0.1) is 6.92 Å². The van der Waals surface area contributed by atoms with E-state index in [0.29, 0.717) is 23.6 Å². The van der Waals surface area contributed by atoms with Crippen molar-refractivity contribution in [3.63, 3.8) is 0 Å². The number of carbonyl (C=O) groups is 2. The third-order valence-corrected chi connectivity index (χ3v) is 7.83. The molecule has 0 saturated heterocycles. The Morgan fingerprint density at radius 3 is 2.34 bits per heavy atom. The molecule has 7 heteroatoms. The highest BCUT2D eigenvalue weighted by Crippen LogP contribution is 2.38. The van der Waals surface area contributed by atoms with Crippen LogP contribution in [0.25, 0.3) is 0 Å². The lowest BCUT2D eigenvalue weighted by Gasteiger charge is -2.37. The molecule has 1 aliphatic carbocycles. The van der Waals surface area contributed by atoms with Gasteiger partial charge in [0, 0.05) is 29.1 Å². The van der Waals surface area contributed by atoms with Crippen molar-refractivity contribution in [2.24, 2.45) is 0 Å². The normalized spacial score (nSPS) is 17.0. The first kappa shape index (κ1) is 23.4. The molecule has 6 nitrogen and oxygen atoms in total. The van der Waals surface area contributed by atoms with Gasteiger partial charge in [0.1, 0.15) is 18.0 Å². The molecule has 1 aliphatic heterocycles. The molecule has 1 saturated carbocycles. The number of rotatable bonds is 7. The molecule has 182 valence electrons. The summed E-state index contributed by atoms with van der Waals surface area (Å²) in [5, 5.41) is 2.11. The van der Waals surface area contributed by atoms with Crippen LogP contribution < -0.4 is 9.47 Å². The molecule has 2 heterocycles. The van der Waals surface area contributed by atoms with Crippen LogP contribution in [0.1, 0.15) is 50.8 Å². The molecule has 1 fully saturated rings. The van der Waals surface area contributed by atoms with Crippen molar-refractivity contribution in [1.82, 2.24) is 9.80 Å². The minimum Gasteiger partial charge on any atom is -0.497 e. The van der Waals surface area contributed by atoms with Crippen LogP contribution in [0.3, 0.4) is 0 Å². The maximum absolute atomic E-state index is 13.8. The van der Waals surface area contributed by atoms with Gasteiger partial charge in [-0.15, -0.1) is 11.3 Å². The lowest BCUT2D eigenvalue weighted by Crippen LogP contribution is -2.47. The summed E-state index contributed by atoms with van der Waals surface area (Å²) < 4.78 is 10.7. The molecular formula is C28H30N2O4S. The number of methoxy groups -OCH3 is 2. The Kier molecular flexibility index (Phi) is 6.52. The van der Waals surface area contributed by atoms with Gasteiger partial charge in [0.15, 0.2) is 0 Å². The van der Waals surface area contributed by atoms with Gasteiger partial charge in [-0.25, -0.2) is 0 Å². The molecule has 5 rings (SSSR count). The minimum absolute atomic E-state index is 0.0254. The third kappa shape index (κ3) is 4.78. The number of carbonyl (C=O) groups excluding carboxylic acids is 2. The van der Waals surface area contributed by atoms with Crippen molar-refractivity contribution in [3.05, 3.63) is 81.0 Å². The SMILES string of the molecule is COc1cc(OC)cc(C(=O)N(CC(=O)N2CCc3sccc3C2c2ccc(C)cc2)C2CC2)c1. The Balaban J connectivity index is 1.43. The summed E-state index contributed by atoms with van der Waals surface area (Å²) in [6.45, 7) is 2.77. The van der Waals surface area contributed by atoms with E-state index in [2.05, 4.69) is 42.6 Å². The number of amides is 2. The quantitative estimate of drug-likeness (QED) is 0.475. The van der Waals surface area contributed by atoms with E-state index in [0.717, 1.165) is 24.8 Å². The van der Waals surface area contributed by atoms with Gasteiger partial charge in [-0.05, 0) is 60.9 Å². The number of hydrogen-bond acceptors (Lipinski definition) is 5. The van der Waals surface area contributed by atoms with Crippen LogP contribution in [-0.2, 0) is 11.2 Å². The summed E-state index contributed by atoms with van der Waals surface area (Å²) in [4.78, 5) is 32.4. The maximum Gasteiger partial charge on any atom is 0.254 e. The summed E-state index contributed by atoms with van der Waals surface area (Å²) in [5.41, 5.74) is 3.95. The van der Waals surface area contributed by atoms with Gasteiger partial charge < -0.3 is 19.3 Å². The standard InChI is InChI=1S/C28H30N2O4S/c1-18-4-6-19(7-5-18)27-24-11-13-35-25(24)10-12-29(27)26(31)17-30(21-8-9-21)28(32)20-14-22(33-2)16-23(15-20)34-3/h4-7,11,13-16,21,27H,8-10,12,17H2,1-3H3. The van der Waals surface area contributed by atoms with Crippen molar-refractivity contribution in [2.75, 3.05) is 27.3 Å². The molecule has 1 atom stereocenters. The largest absolute Gasteiger partial charge is 0.497 e. The lowest BCUT2D eigenvalue weighted by atomic mass is 9.92. The average molecular weight is 491 g/mol. The molecule has 0 bridgehead atoms. The van der Waals surface area contributed by atoms with E-state index in [1.54, 1.807) is 48.7 Å². The van der Waals surface area contributed by atoms with Gasteiger partial charge in [-0.3, -0.25) is 9.59 Å². The van der Waals surface area contributed by atoms with E-state index in [9.17, 15) is 9.59 Å². The van der Waals surface area contributed by atoms with Gasteiger partial charge in [-0.1, -0.05) is 29.8 Å². The predicted molar refractivity (Wildman–Crippen MR) is 136 cm³/mol. The average Bonchev–Trinajstić information content (AvgIpc) is 3.62. The van der Waals surface area contributed by atoms with Crippen LogP contribution >= 0.6 is 11.3 Å². The van der Waals surface area contributed by atoms with E-state index in [-0.39, 0.29) is 30.4 Å². The molecule has 2 amide bonds. The fourth-order valence-corrected chi connectivity index (χ4v) is 5.68. The maximum atomic E-state index is 13.8. The molecule has 35 heavy (non-hydrogen) atoms. The fourth-order valence-electron chi connectivity index (χ4n) is 4.78. The second kappa shape index (κ2) is 9.74. The first-order valence-corrected chi connectivity index (χ1v) is 12.8. The molecule has 2 aliphatic rings. The van der Waals surface area contributed by atoms with Crippen LogP contribution in [0.15, 0.2) is 53.9 Å². The topological polar surface area (TPSA) is 59.1 Å². The van der Waals surface area contributed by atoms with E-state index in [1.165, 1.54) is 16.0 Å². The summed E-state index contributed by atoms with van der Waals surface area (Å²) in [6.07, 6.45) is 2.66. The van der Waals surface area contributed by atoms with Crippen molar-refractivity contribution in [1.29, 1.82) is 0 Å². The van der Waals surface area contributed by atoms with Gasteiger partial charge in [-0.2, -0.15) is 0 Å². The Morgan fingerprint density at radius 1 is 1.03 bits per heavy atom. The van der Waals surface area contributed by atoms with Crippen LogP contribution in [0.2, 0.25) is 0 Å². The summed E-state index contributed by atoms with van der Waals surface area (Å²) >= 11 is 1.75. The lowest BCUT2D eigenvalue weighted by molar-refractivity contribution is -0.134. The van der Waals surface area contributed by atoms with Gasteiger partial charge in [0.05, 0.1) is 20.3 Å². The molecular weight excluding hydrogens is 460 g/mol. The van der Waals surface area contributed by atoms with Crippen molar-refractivity contribution in [2.45, 2.75) is 38.3 Å². The summed E-state index contributed by atoms with van der Waals surface area (Å²) in [6, 6.07) is 15.6. The van der Waals surface area contributed by atoms with E-state index < -0.39 is 0 Å². The zero-order chi connectivity index (χ0) is 24.5. The second-order valence-electron chi connectivity index (χ2n) is 9.22. The van der Waals surface area contributed by atoms with Crippen LogP contribution in [0.4, 0.5) is 0 Å². The summed E-state index contributed by atoms with van der Waals surface area (Å²) in [5.74, 6) is 0.908. The summed E-state index contributed by atoms with van der Waals surface area (Å²) in [7, 11) is 3.12. The Hall–Kier alpha value is -3.32. The number of thiophene rings is 1. The first-order chi connectivity index (χ1) is 17.0. The Morgan fingerprint density at radius 2 is 1.71 bits per heavy atom. The molecule has 3 aromatic rings. The molecule has 1 aromatic heterocycles. The predicted octanol–water partition coefficient (Wildman–Crippen LogP) is 4.85. The molecule has 0 radical (unpaired) electrons. The zero-order valence-corrected chi connectivity index (χ0v) is 21.1. The number of benzene rings is 2. The smallest absolute Gasteiger partial charge is 0.254 e. The number of ether oxygens (including phenoxy) is 2. The first-order valence-electron chi connectivity index (χ1n) is 11.9. The highest BCUT2D eigenvalue weighted by Gasteiger charge is 2.38. The molecule has 2 aromatic carbocycles. The van der Waals surface area contributed by atoms with Gasteiger partial charge in [0.25, 0.3) is 5.91 Å². The monoisotopic (exact) mass is 490 g/mol. The van der Waals surface area contributed by atoms with Crippen molar-refractivity contribution in [3.8, 4) is 11.5 Å². The van der Waals surface area contributed by atoms with Crippen molar-refractivity contribution >= 4 is 23.2 Å². The molecule has 1 unspecified atom stereocenters. The highest BCUT2D eigenvalue weighted by molar-refractivity contribution is 7.10. The molecule has 0 spiro atoms. The van der Waals surface area contributed by atoms with E-state index in [1.807, 2.05) is 4.90 Å². The highest BCUT2D eigenvalue weighted by atomic mass is 32.1. The fraction of sp³-hybridized carbons (Fsp3) is 0.357. The van der Waals surface area contributed by atoms with Crippen LogP contribution in [-0.4, -0.2) is 55.0 Å². The number of hydrogen-bond donors (Lipinski definition) is 0. The number of aryl methyl sites for hydroxylation is 1. The second-order valence-corrected chi connectivity index (χ2v) is 10.2. The zero-order valence-electron chi connectivity index (χ0n) is 20.3. The number of fused-ring (bicyclic) bond motifs is 1. The van der Waals surface area contributed by atoms with Gasteiger partial charge in [0.2, 0.25) is 5.91 Å². The van der Waals surface area contributed by atoms with Crippen LogP contribution in [0.5, 0.6) is 11.5 Å².